The number of carbonyl (C=O) groups excluding carboxylic acids is 1. The highest BCUT2D eigenvalue weighted by Gasteiger charge is 2.32. The minimum atomic E-state index is -3.83. The lowest BCUT2D eigenvalue weighted by molar-refractivity contribution is -0.116. The largest absolute Gasteiger partial charge is 0.497 e. The van der Waals surface area contributed by atoms with Gasteiger partial charge in [-0.05, 0) is 38.1 Å². The second-order valence-corrected chi connectivity index (χ2v) is 8.05. The third kappa shape index (κ3) is 5.32. The molecule has 0 fully saturated rings. The summed E-state index contributed by atoms with van der Waals surface area (Å²) in [5.41, 5.74) is 0.660. The van der Waals surface area contributed by atoms with Gasteiger partial charge in [-0.2, -0.15) is 0 Å². The van der Waals surface area contributed by atoms with E-state index in [0.717, 1.165) is 10.6 Å². The first-order valence-corrected chi connectivity index (χ1v) is 10.8. The van der Waals surface area contributed by atoms with Gasteiger partial charge in [0, 0.05) is 6.07 Å². The minimum Gasteiger partial charge on any atom is -0.497 e. The molecule has 1 N–H and O–H groups in total. The van der Waals surface area contributed by atoms with Crippen LogP contribution in [0.4, 0.5) is 11.4 Å². The molecule has 2 aromatic carbocycles. The van der Waals surface area contributed by atoms with Gasteiger partial charge in [-0.25, -0.2) is 8.42 Å². The van der Waals surface area contributed by atoms with Crippen LogP contribution < -0.4 is 23.8 Å². The molecule has 0 saturated heterocycles. The van der Waals surface area contributed by atoms with Gasteiger partial charge in [0.25, 0.3) is 0 Å². The fourth-order valence-electron chi connectivity index (χ4n) is 2.84. The van der Waals surface area contributed by atoms with Gasteiger partial charge < -0.3 is 19.5 Å². The molecule has 2 aromatic rings. The Kier molecular flexibility index (Phi) is 7.33. The van der Waals surface area contributed by atoms with E-state index in [1.807, 2.05) is 6.92 Å². The predicted molar refractivity (Wildman–Crippen MR) is 113 cm³/mol. The molecular formula is C20H26N2O6S. The maximum atomic E-state index is 12.9. The molecule has 1 amide bonds. The number of sulfonamides is 1. The fraction of sp³-hybridized carbons (Fsp3) is 0.350. The Morgan fingerprint density at radius 2 is 1.79 bits per heavy atom. The molecule has 0 aliphatic carbocycles. The molecule has 0 aromatic heterocycles. The first-order valence-electron chi connectivity index (χ1n) is 8.97. The van der Waals surface area contributed by atoms with Crippen molar-refractivity contribution in [1.29, 1.82) is 0 Å². The zero-order valence-corrected chi connectivity index (χ0v) is 17.9. The summed E-state index contributed by atoms with van der Waals surface area (Å²) in [5, 5.41) is 2.74. The van der Waals surface area contributed by atoms with Crippen LogP contribution in [0.1, 0.15) is 13.8 Å². The standard InChI is InChI=1S/C20H26N2O6S/c1-6-28-18-10-8-7-9-16(18)21-20(23)14(2)22(29(5,24)25)17-13-15(26-3)11-12-19(17)27-4/h7-14H,6H2,1-5H3,(H,21,23)/t14-/m0/s1. The van der Waals surface area contributed by atoms with Crippen LogP contribution in [0.2, 0.25) is 0 Å². The predicted octanol–water partition coefficient (Wildman–Crippen LogP) is 2.90. The van der Waals surface area contributed by atoms with Crippen LogP contribution in [-0.2, 0) is 14.8 Å². The molecule has 0 unspecified atom stereocenters. The topological polar surface area (TPSA) is 94.2 Å². The van der Waals surface area contributed by atoms with Gasteiger partial charge in [0.15, 0.2) is 0 Å². The summed E-state index contributed by atoms with van der Waals surface area (Å²) < 4.78 is 42.2. The molecule has 1 atom stereocenters. The smallest absolute Gasteiger partial charge is 0.248 e. The molecule has 2 rings (SSSR count). The number of benzene rings is 2. The van der Waals surface area contributed by atoms with Crippen LogP contribution in [0.5, 0.6) is 17.2 Å². The fourth-order valence-corrected chi connectivity index (χ4v) is 4.01. The molecule has 0 bridgehead atoms. The highest BCUT2D eigenvalue weighted by atomic mass is 32.2. The second-order valence-electron chi connectivity index (χ2n) is 6.19. The Morgan fingerprint density at radius 1 is 1.10 bits per heavy atom. The SMILES string of the molecule is CCOc1ccccc1NC(=O)[C@H](C)N(c1cc(OC)ccc1OC)S(C)(=O)=O. The number of hydrogen-bond donors (Lipinski definition) is 1. The van der Waals surface area contributed by atoms with Crippen molar-refractivity contribution >= 4 is 27.3 Å². The summed E-state index contributed by atoms with van der Waals surface area (Å²) >= 11 is 0. The van der Waals surface area contributed by atoms with E-state index in [1.165, 1.54) is 27.2 Å². The summed E-state index contributed by atoms with van der Waals surface area (Å²) in [6.45, 7) is 3.76. The monoisotopic (exact) mass is 422 g/mol. The van der Waals surface area contributed by atoms with E-state index in [-0.39, 0.29) is 5.69 Å². The van der Waals surface area contributed by atoms with Gasteiger partial charge in [-0.3, -0.25) is 9.10 Å². The molecule has 0 spiro atoms. The molecule has 29 heavy (non-hydrogen) atoms. The van der Waals surface area contributed by atoms with Gasteiger partial charge in [0.1, 0.15) is 23.3 Å². The van der Waals surface area contributed by atoms with Crippen molar-refractivity contribution in [2.45, 2.75) is 19.9 Å². The number of nitrogens with one attached hydrogen (secondary N) is 1. The Balaban J connectivity index is 2.43. The van der Waals surface area contributed by atoms with Crippen molar-refractivity contribution in [2.75, 3.05) is 36.7 Å². The molecule has 158 valence electrons. The first-order chi connectivity index (χ1) is 13.7. The lowest BCUT2D eigenvalue weighted by atomic mass is 10.2. The maximum absolute atomic E-state index is 12.9. The van der Waals surface area contributed by atoms with Crippen LogP contribution in [0, 0.1) is 0 Å². The first kappa shape index (κ1) is 22.4. The van der Waals surface area contributed by atoms with E-state index in [9.17, 15) is 13.2 Å². The molecule has 0 aliphatic heterocycles. The van der Waals surface area contributed by atoms with Gasteiger partial charge >= 0.3 is 0 Å². The zero-order valence-electron chi connectivity index (χ0n) is 17.1. The lowest BCUT2D eigenvalue weighted by Gasteiger charge is -2.29. The molecular weight excluding hydrogens is 396 g/mol. The zero-order chi connectivity index (χ0) is 21.6. The number of methoxy groups -OCH3 is 2. The molecule has 0 saturated carbocycles. The quantitative estimate of drug-likeness (QED) is 0.668. The minimum absolute atomic E-state index is 0.204. The molecule has 0 radical (unpaired) electrons. The molecule has 8 nitrogen and oxygen atoms in total. The van der Waals surface area contributed by atoms with Gasteiger partial charge in [-0.15, -0.1) is 0 Å². The normalized spacial score (nSPS) is 12.0. The van der Waals surface area contributed by atoms with E-state index in [1.54, 1.807) is 36.4 Å². The number of carbonyl (C=O) groups is 1. The average Bonchev–Trinajstić information content (AvgIpc) is 2.68. The molecule has 9 heteroatoms. The van der Waals surface area contributed by atoms with Crippen molar-refractivity contribution in [2.24, 2.45) is 0 Å². The number of amides is 1. The van der Waals surface area contributed by atoms with Gasteiger partial charge in [0.05, 0.1) is 38.5 Å². The summed E-state index contributed by atoms with van der Waals surface area (Å²) in [6.07, 6.45) is 1.03. The average molecular weight is 423 g/mol. The van der Waals surface area contributed by atoms with Crippen molar-refractivity contribution in [3.05, 3.63) is 42.5 Å². The summed E-state index contributed by atoms with van der Waals surface area (Å²) in [6, 6.07) is 10.6. The third-order valence-corrected chi connectivity index (χ3v) is 5.38. The highest BCUT2D eigenvalue weighted by Crippen LogP contribution is 2.35. The van der Waals surface area contributed by atoms with Crippen molar-refractivity contribution in [3.8, 4) is 17.2 Å². The number of anilines is 2. The molecule has 0 heterocycles. The summed E-state index contributed by atoms with van der Waals surface area (Å²) in [5.74, 6) is 0.710. The van der Waals surface area contributed by atoms with E-state index in [0.29, 0.717) is 29.5 Å². The van der Waals surface area contributed by atoms with Crippen molar-refractivity contribution in [1.82, 2.24) is 0 Å². The Bertz CT molecular complexity index is 961. The Hall–Kier alpha value is -2.94. The number of ether oxygens (including phenoxy) is 3. The number of nitrogens with zero attached hydrogens (tertiary/aromatic N) is 1. The van der Waals surface area contributed by atoms with Crippen LogP contribution >= 0.6 is 0 Å². The van der Waals surface area contributed by atoms with Crippen LogP contribution in [0.15, 0.2) is 42.5 Å². The highest BCUT2D eigenvalue weighted by molar-refractivity contribution is 7.92. The van der Waals surface area contributed by atoms with E-state index >= 15 is 0 Å². The van der Waals surface area contributed by atoms with Crippen LogP contribution in [0.3, 0.4) is 0 Å². The van der Waals surface area contributed by atoms with Gasteiger partial charge in [-0.1, -0.05) is 12.1 Å². The number of para-hydroxylation sites is 2. The number of hydrogen-bond acceptors (Lipinski definition) is 6. The summed E-state index contributed by atoms with van der Waals surface area (Å²) in [4.78, 5) is 12.9. The maximum Gasteiger partial charge on any atom is 0.248 e. The van der Waals surface area contributed by atoms with Crippen molar-refractivity contribution in [3.63, 3.8) is 0 Å². The number of rotatable bonds is 9. The third-order valence-electron chi connectivity index (χ3n) is 4.16. The van der Waals surface area contributed by atoms with E-state index in [4.69, 9.17) is 14.2 Å². The van der Waals surface area contributed by atoms with Crippen molar-refractivity contribution < 1.29 is 27.4 Å². The van der Waals surface area contributed by atoms with E-state index in [2.05, 4.69) is 5.32 Å². The van der Waals surface area contributed by atoms with Crippen LogP contribution in [0.25, 0.3) is 0 Å². The van der Waals surface area contributed by atoms with E-state index < -0.39 is 22.0 Å². The Morgan fingerprint density at radius 3 is 2.38 bits per heavy atom. The van der Waals surface area contributed by atoms with Crippen LogP contribution in [-0.4, -0.2) is 47.4 Å². The lowest BCUT2D eigenvalue weighted by Crippen LogP contribution is -2.45. The Labute approximate surface area is 171 Å². The molecule has 0 aliphatic rings. The second kappa shape index (κ2) is 9.51. The summed E-state index contributed by atoms with van der Waals surface area (Å²) in [7, 11) is -0.932. The van der Waals surface area contributed by atoms with Gasteiger partial charge in [0.2, 0.25) is 15.9 Å².